The van der Waals surface area contributed by atoms with Crippen LogP contribution in [-0.2, 0) is 5.41 Å². The Morgan fingerprint density at radius 2 is 1.95 bits per heavy atom. The Hall–Kier alpha value is -1.82. The van der Waals surface area contributed by atoms with Crippen molar-refractivity contribution in [3.63, 3.8) is 0 Å². The number of amides is 2. The highest BCUT2D eigenvalue weighted by Crippen LogP contribution is 2.24. The molecular formula is C15H18BrN3O2. The van der Waals surface area contributed by atoms with Crippen LogP contribution in [0.4, 0.5) is 16.4 Å². The van der Waals surface area contributed by atoms with Gasteiger partial charge in [-0.25, -0.2) is 4.79 Å². The van der Waals surface area contributed by atoms with Crippen molar-refractivity contribution in [2.75, 3.05) is 10.6 Å². The van der Waals surface area contributed by atoms with Gasteiger partial charge in [0.2, 0.25) is 5.88 Å². The fraction of sp³-hybridized carbons (Fsp3) is 0.333. The first-order valence-corrected chi connectivity index (χ1v) is 7.36. The molecule has 0 atom stereocenters. The van der Waals surface area contributed by atoms with Crippen molar-refractivity contribution in [2.45, 2.75) is 33.1 Å². The lowest BCUT2D eigenvalue weighted by Gasteiger charge is -2.12. The summed E-state index contributed by atoms with van der Waals surface area (Å²) in [5.74, 6) is 0.326. The summed E-state index contributed by atoms with van der Waals surface area (Å²) in [5, 5.41) is 9.36. The summed E-state index contributed by atoms with van der Waals surface area (Å²) in [5.41, 5.74) is 2.37. The highest BCUT2D eigenvalue weighted by Gasteiger charge is 2.19. The van der Waals surface area contributed by atoms with Gasteiger partial charge in [-0.05, 0) is 30.7 Å². The molecule has 0 fully saturated rings. The molecule has 0 spiro atoms. The van der Waals surface area contributed by atoms with Gasteiger partial charge in [-0.15, -0.1) is 0 Å². The maximum absolute atomic E-state index is 12.0. The molecular weight excluding hydrogens is 334 g/mol. The van der Waals surface area contributed by atoms with Crippen LogP contribution in [0.3, 0.4) is 0 Å². The summed E-state index contributed by atoms with van der Waals surface area (Å²) in [6, 6.07) is 7.00. The van der Waals surface area contributed by atoms with Gasteiger partial charge in [0.05, 0.1) is 5.69 Å². The lowest BCUT2D eigenvalue weighted by Crippen LogP contribution is -2.19. The Bertz CT molecular complexity index is 659. The molecule has 21 heavy (non-hydrogen) atoms. The first-order valence-electron chi connectivity index (χ1n) is 6.57. The third kappa shape index (κ3) is 4.07. The van der Waals surface area contributed by atoms with Crippen LogP contribution in [0.15, 0.2) is 33.3 Å². The minimum atomic E-state index is -0.364. The lowest BCUT2D eigenvalue weighted by atomic mass is 9.92. The number of nitrogens with one attached hydrogen (secondary N) is 2. The van der Waals surface area contributed by atoms with E-state index in [1.165, 1.54) is 0 Å². The number of rotatable bonds is 2. The highest BCUT2D eigenvalue weighted by atomic mass is 79.9. The van der Waals surface area contributed by atoms with Gasteiger partial charge in [-0.1, -0.05) is 41.9 Å². The number of nitrogens with zero attached hydrogens (tertiary/aromatic N) is 1. The Morgan fingerprint density at radius 3 is 2.52 bits per heavy atom. The molecule has 2 N–H and O–H groups in total. The van der Waals surface area contributed by atoms with E-state index in [0.717, 1.165) is 21.4 Å². The minimum absolute atomic E-state index is 0.123. The Labute approximate surface area is 132 Å². The zero-order valence-corrected chi connectivity index (χ0v) is 14.0. The molecule has 0 saturated carbocycles. The second kappa shape index (κ2) is 5.89. The van der Waals surface area contributed by atoms with Gasteiger partial charge in [0.25, 0.3) is 0 Å². The molecule has 0 aliphatic carbocycles. The largest absolute Gasteiger partial charge is 0.338 e. The number of anilines is 2. The molecule has 2 amide bonds. The van der Waals surface area contributed by atoms with Crippen molar-refractivity contribution in [3.05, 3.63) is 40.0 Å². The van der Waals surface area contributed by atoms with Gasteiger partial charge in [0, 0.05) is 21.6 Å². The van der Waals surface area contributed by atoms with E-state index in [9.17, 15) is 4.79 Å². The van der Waals surface area contributed by atoms with E-state index < -0.39 is 0 Å². The predicted octanol–water partition coefficient (Wildman–Crippen LogP) is 4.69. The molecule has 0 unspecified atom stereocenters. The van der Waals surface area contributed by atoms with Crippen molar-refractivity contribution in [2.24, 2.45) is 0 Å². The second-order valence-corrected chi connectivity index (χ2v) is 6.78. The molecule has 5 nitrogen and oxygen atoms in total. The Balaban J connectivity index is 2.03. The smallest absolute Gasteiger partial charge is 0.326 e. The first kappa shape index (κ1) is 15.6. The van der Waals surface area contributed by atoms with Gasteiger partial charge in [-0.2, -0.15) is 0 Å². The number of carbonyl (C=O) groups excluding carboxylic acids is 1. The first-order chi connectivity index (χ1) is 9.75. The molecule has 0 radical (unpaired) electrons. The molecule has 112 valence electrons. The Morgan fingerprint density at radius 1 is 1.24 bits per heavy atom. The van der Waals surface area contributed by atoms with E-state index in [0.29, 0.717) is 5.88 Å². The molecule has 0 bridgehead atoms. The summed E-state index contributed by atoms with van der Waals surface area (Å²) >= 11 is 3.39. The molecule has 1 aromatic carbocycles. The van der Waals surface area contributed by atoms with Crippen LogP contribution < -0.4 is 10.6 Å². The third-order valence-electron chi connectivity index (χ3n) is 2.95. The number of hydrogen-bond donors (Lipinski definition) is 2. The summed E-state index contributed by atoms with van der Waals surface area (Å²) in [7, 11) is 0. The summed E-state index contributed by atoms with van der Waals surface area (Å²) in [6.45, 7) is 8.01. The van der Waals surface area contributed by atoms with E-state index in [-0.39, 0.29) is 11.4 Å². The van der Waals surface area contributed by atoms with E-state index in [2.05, 4.69) is 31.7 Å². The normalized spacial score (nSPS) is 11.3. The van der Waals surface area contributed by atoms with Crippen LogP contribution in [0.1, 0.15) is 32.0 Å². The molecule has 6 heteroatoms. The van der Waals surface area contributed by atoms with Crippen LogP contribution >= 0.6 is 15.9 Å². The van der Waals surface area contributed by atoms with Crippen molar-refractivity contribution in [3.8, 4) is 0 Å². The van der Waals surface area contributed by atoms with Gasteiger partial charge in [0.15, 0.2) is 0 Å². The van der Waals surface area contributed by atoms with Crippen LogP contribution in [0.25, 0.3) is 0 Å². The average molecular weight is 352 g/mol. The van der Waals surface area contributed by atoms with Gasteiger partial charge in [0.1, 0.15) is 0 Å². The second-order valence-electron chi connectivity index (χ2n) is 5.86. The standard InChI is InChI=1S/C15H18BrN3O2/c1-9-7-10(16)5-6-11(9)17-14(20)18-13-8-12(19-21-13)15(2,3)4/h5-8H,1-4H3,(H2,17,18,20). The van der Waals surface area contributed by atoms with Gasteiger partial charge >= 0.3 is 6.03 Å². The van der Waals surface area contributed by atoms with E-state index >= 15 is 0 Å². The van der Waals surface area contributed by atoms with E-state index in [1.54, 1.807) is 6.07 Å². The minimum Gasteiger partial charge on any atom is -0.338 e. The summed E-state index contributed by atoms with van der Waals surface area (Å²) in [6.07, 6.45) is 0. The van der Waals surface area contributed by atoms with Gasteiger partial charge in [-0.3, -0.25) is 5.32 Å². The molecule has 0 aliphatic heterocycles. The predicted molar refractivity (Wildman–Crippen MR) is 86.7 cm³/mol. The molecule has 0 saturated heterocycles. The maximum atomic E-state index is 12.0. The average Bonchev–Trinajstić information content (AvgIpc) is 2.81. The molecule has 2 rings (SSSR count). The van der Waals surface area contributed by atoms with E-state index in [1.807, 2.05) is 45.9 Å². The van der Waals surface area contributed by atoms with Crippen molar-refractivity contribution >= 4 is 33.5 Å². The number of benzene rings is 1. The number of urea groups is 1. The number of aryl methyl sites for hydroxylation is 1. The lowest BCUT2D eigenvalue weighted by molar-refractivity contribution is 0.261. The number of carbonyl (C=O) groups is 1. The molecule has 0 aliphatic rings. The highest BCUT2D eigenvalue weighted by molar-refractivity contribution is 9.10. The SMILES string of the molecule is Cc1cc(Br)ccc1NC(=O)Nc1cc(C(C)(C)C)no1. The maximum Gasteiger partial charge on any atom is 0.326 e. The van der Waals surface area contributed by atoms with Crippen LogP contribution in [-0.4, -0.2) is 11.2 Å². The molecule has 1 aromatic heterocycles. The van der Waals surface area contributed by atoms with Crippen LogP contribution in [0.2, 0.25) is 0 Å². The quantitative estimate of drug-likeness (QED) is 0.824. The van der Waals surface area contributed by atoms with Crippen molar-refractivity contribution in [1.29, 1.82) is 0 Å². The fourth-order valence-corrected chi connectivity index (χ4v) is 2.20. The number of halogens is 1. The zero-order valence-electron chi connectivity index (χ0n) is 12.5. The Kier molecular flexibility index (Phi) is 4.37. The molecule has 2 aromatic rings. The molecule has 1 heterocycles. The van der Waals surface area contributed by atoms with Crippen molar-refractivity contribution in [1.82, 2.24) is 5.16 Å². The number of aromatic nitrogens is 1. The zero-order chi connectivity index (χ0) is 15.6. The summed E-state index contributed by atoms with van der Waals surface area (Å²) < 4.78 is 6.09. The van der Waals surface area contributed by atoms with Crippen LogP contribution in [0, 0.1) is 6.92 Å². The summed E-state index contributed by atoms with van der Waals surface area (Å²) in [4.78, 5) is 12.0. The fourth-order valence-electron chi connectivity index (χ4n) is 1.72. The van der Waals surface area contributed by atoms with E-state index in [4.69, 9.17) is 4.52 Å². The topological polar surface area (TPSA) is 67.2 Å². The van der Waals surface area contributed by atoms with Crippen LogP contribution in [0.5, 0.6) is 0 Å². The monoisotopic (exact) mass is 351 g/mol. The number of hydrogen-bond acceptors (Lipinski definition) is 3. The van der Waals surface area contributed by atoms with Crippen molar-refractivity contribution < 1.29 is 9.32 Å². The third-order valence-corrected chi connectivity index (χ3v) is 3.45. The van der Waals surface area contributed by atoms with Gasteiger partial charge < -0.3 is 9.84 Å².